The number of hydrogen-bond donors (Lipinski definition) is 2. The van der Waals surface area contributed by atoms with Gasteiger partial charge in [0.2, 0.25) is 5.82 Å². The van der Waals surface area contributed by atoms with Gasteiger partial charge in [0, 0.05) is 23.1 Å². The second-order valence-corrected chi connectivity index (χ2v) is 6.68. The Morgan fingerprint density at radius 1 is 1.19 bits per heavy atom. The molecule has 3 aromatic rings. The van der Waals surface area contributed by atoms with Crippen molar-refractivity contribution in [2.45, 2.75) is 12.8 Å². The minimum absolute atomic E-state index is 0. The molecule has 10 heteroatoms. The number of nitrogens with zero attached hydrogens (tertiary/aromatic N) is 4. The van der Waals surface area contributed by atoms with Crippen LogP contribution in [0.1, 0.15) is 12.8 Å². The van der Waals surface area contributed by atoms with Gasteiger partial charge in [0.05, 0.1) is 12.8 Å². The summed E-state index contributed by atoms with van der Waals surface area (Å²) in [6.45, 7) is 1.25. The quantitative estimate of drug-likeness (QED) is 0.581. The van der Waals surface area contributed by atoms with Crippen molar-refractivity contribution < 1.29 is 4.74 Å². The summed E-state index contributed by atoms with van der Waals surface area (Å²) in [5, 5.41) is 14.5. The number of benzene rings is 1. The van der Waals surface area contributed by atoms with Crippen LogP contribution in [0.5, 0.6) is 5.75 Å². The van der Waals surface area contributed by atoms with Crippen molar-refractivity contribution in [1.29, 1.82) is 0 Å². The van der Waals surface area contributed by atoms with Crippen molar-refractivity contribution >= 4 is 36.4 Å². The highest BCUT2D eigenvalue weighted by atomic mass is 35.5. The molecule has 0 bridgehead atoms. The van der Waals surface area contributed by atoms with Crippen molar-refractivity contribution in [1.82, 2.24) is 25.6 Å². The predicted molar refractivity (Wildman–Crippen MR) is 109 cm³/mol. The Morgan fingerprint density at radius 3 is 2.63 bits per heavy atom. The summed E-state index contributed by atoms with van der Waals surface area (Å²) < 4.78 is 5.90. The Hall–Kier alpha value is -1.93. The highest BCUT2D eigenvalue weighted by Gasteiger charge is 2.42. The van der Waals surface area contributed by atoms with Crippen molar-refractivity contribution in [3.63, 3.8) is 0 Å². The lowest BCUT2D eigenvalue weighted by atomic mass is 10.0. The van der Waals surface area contributed by atoms with E-state index in [4.69, 9.17) is 22.1 Å². The summed E-state index contributed by atoms with van der Waals surface area (Å²) in [5.41, 5.74) is 8.48. The average Bonchev–Trinajstić information content (AvgIpc) is 3.22. The molecule has 7 nitrogen and oxygen atoms in total. The summed E-state index contributed by atoms with van der Waals surface area (Å²) in [6, 6.07) is 9.63. The molecule has 144 valence electrons. The van der Waals surface area contributed by atoms with Gasteiger partial charge in [-0.3, -0.25) is 0 Å². The Kier molecular flexibility index (Phi) is 7.00. The van der Waals surface area contributed by atoms with E-state index in [1.807, 2.05) is 30.3 Å². The normalized spacial score (nSPS) is 14.0. The van der Waals surface area contributed by atoms with E-state index in [0.717, 1.165) is 29.5 Å². The Labute approximate surface area is 173 Å². The second kappa shape index (κ2) is 8.84. The minimum Gasteiger partial charge on any atom is -0.491 e. The molecule has 2 heterocycles. The smallest absolute Gasteiger partial charge is 0.204 e. The molecule has 0 atom stereocenters. The average molecular weight is 430 g/mol. The number of ether oxygens (including phenoxy) is 1. The van der Waals surface area contributed by atoms with Crippen LogP contribution >= 0.6 is 36.4 Å². The van der Waals surface area contributed by atoms with Gasteiger partial charge in [-0.2, -0.15) is 5.21 Å². The van der Waals surface area contributed by atoms with E-state index in [1.54, 1.807) is 6.20 Å². The molecule has 1 saturated carbocycles. The molecular formula is C17H19Cl3N6O. The van der Waals surface area contributed by atoms with Gasteiger partial charge in [0.25, 0.3) is 0 Å². The molecule has 1 fully saturated rings. The zero-order valence-electron chi connectivity index (χ0n) is 14.3. The third-order valence-electron chi connectivity index (χ3n) is 4.53. The predicted octanol–water partition coefficient (Wildman–Crippen LogP) is 3.54. The Bertz CT molecular complexity index is 886. The van der Waals surface area contributed by atoms with Gasteiger partial charge in [0.1, 0.15) is 10.9 Å². The second-order valence-electron chi connectivity index (χ2n) is 6.32. The molecule has 27 heavy (non-hydrogen) atoms. The summed E-state index contributed by atoms with van der Waals surface area (Å²) in [6.07, 6.45) is 3.87. The molecule has 1 aromatic carbocycles. The van der Waals surface area contributed by atoms with Gasteiger partial charge in [-0.1, -0.05) is 29.8 Å². The first-order chi connectivity index (χ1) is 12.2. The SMILES string of the molecule is Cl.Cl.NCC1(COc2cnc(Cl)c(-c3cccc(-c4nn[nH]n4)c3)c2)CC1. The van der Waals surface area contributed by atoms with Crippen LogP contribution in [0.2, 0.25) is 5.15 Å². The van der Waals surface area contributed by atoms with Crippen molar-refractivity contribution in [2.24, 2.45) is 11.1 Å². The fraction of sp³-hybridized carbons (Fsp3) is 0.294. The van der Waals surface area contributed by atoms with Crippen molar-refractivity contribution in [2.75, 3.05) is 13.2 Å². The number of H-pyrrole nitrogens is 1. The number of aromatic amines is 1. The zero-order chi connectivity index (χ0) is 17.3. The van der Waals surface area contributed by atoms with Crippen molar-refractivity contribution in [3.8, 4) is 28.3 Å². The van der Waals surface area contributed by atoms with Crippen LogP contribution in [-0.2, 0) is 0 Å². The van der Waals surface area contributed by atoms with E-state index in [1.165, 1.54) is 0 Å². The molecule has 1 aliphatic rings. The fourth-order valence-corrected chi connectivity index (χ4v) is 2.85. The van der Waals surface area contributed by atoms with Gasteiger partial charge in [0.15, 0.2) is 0 Å². The van der Waals surface area contributed by atoms with Crippen LogP contribution in [0, 0.1) is 5.41 Å². The highest BCUT2D eigenvalue weighted by molar-refractivity contribution is 6.32. The number of aromatic nitrogens is 5. The number of rotatable bonds is 6. The largest absolute Gasteiger partial charge is 0.491 e. The summed E-state index contributed by atoms with van der Waals surface area (Å²) in [7, 11) is 0. The highest BCUT2D eigenvalue weighted by Crippen LogP contribution is 2.44. The van der Waals surface area contributed by atoms with Gasteiger partial charge < -0.3 is 10.5 Å². The maximum atomic E-state index is 6.30. The maximum absolute atomic E-state index is 6.30. The monoisotopic (exact) mass is 428 g/mol. The number of nitrogens with two attached hydrogens (primary N) is 1. The van der Waals surface area contributed by atoms with Gasteiger partial charge in [-0.15, -0.1) is 35.0 Å². The molecule has 2 aromatic heterocycles. The fourth-order valence-electron chi connectivity index (χ4n) is 2.64. The van der Waals surface area contributed by atoms with E-state index in [9.17, 15) is 0 Å². The molecule has 0 unspecified atom stereocenters. The van der Waals surface area contributed by atoms with E-state index in [0.29, 0.717) is 29.9 Å². The number of hydrogen-bond acceptors (Lipinski definition) is 6. The van der Waals surface area contributed by atoms with E-state index in [-0.39, 0.29) is 30.2 Å². The first kappa shape index (κ1) is 21.4. The van der Waals surface area contributed by atoms with E-state index in [2.05, 4.69) is 25.6 Å². The molecule has 0 radical (unpaired) electrons. The molecule has 0 aliphatic heterocycles. The van der Waals surface area contributed by atoms with Gasteiger partial charge in [-0.05, 0) is 35.8 Å². The lowest BCUT2D eigenvalue weighted by Crippen LogP contribution is -2.22. The van der Waals surface area contributed by atoms with Crippen LogP contribution in [-0.4, -0.2) is 38.8 Å². The number of tetrazole rings is 1. The third kappa shape index (κ3) is 4.68. The van der Waals surface area contributed by atoms with Crippen molar-refractivity contribution in [3.05, 3.63) is 41.7 Å². The molecule has 0 amide bonds. The summed E-state index contributed by atoms with van der Waals surface area (Å²) >= 11 is 6.30. The van der Waals surface area contributed by atoms with E-state index < -0.39 is 0 Å². The minimum atomic E-state index is 0. The number of nitrogens with one attached hydrogen (secondary N) is 1. The molecule has 0 saturated heterocycles. The Balaban J connectivity index is 0.00000131. The zero-order valence-corrected chi connectivity index (χ0v) is 16.7. The maximum Gasteiger partial charge on any atom is 0.204 e. The molecule has 1 aliphatic carbocycles. The van der Waals surface area contributed by atoms with Crippen LogP contribution < -0.4 is 10.5 Å². The number of halogens is 3. The standard InChI is InChI=1S/C17H17ClN6O.2ClH/c18-15-14(7-13(8-20-15)25-10-17(9-19)4-5-17)11-2-1-3-12(6-11)16-21-23-24-22-16;;/h1-3,6-8H,4-5,9-10,19H2,(H,21,22,23,24);2*1H. The summed E-state index contributed by atoms with van der Waals surface area (Å²) in [5.74, 6) is 1.21. The molecular weight excluding hydrogens is 411 g/mol. The van der Waals surface area contributed by atoms with Gasteiger partial charge >= 0.3 is 0 Å². The lowest BCUT2D eigenvalue weighted by molar-refractivity contribution is 0.238. The molecule has 3 N–H and O–H groups in total. The molecule has 0 spiro atoms. The van der Waals surface area contributed by atoms with Crippen LogP contribution in [0.3, 0.4) is 0 Å². The Morgan fingerprint density at radius 2 is 1.96 bits per heavy atom. The van der Waals surface area contributed by atoms with Crippen LogP contribution in [0.25, 0.3) is 22.5 Å². The topological polar surface area (TPSA) is 103 Å². The van der Waals surface area contributed by atoms with E-state index >= 15 is 0 Å². The van der Waals surface area contributed by atoms with Crippen LogP contribution in [0.4, 0.5) is 0 Å². The van der Waals surface area contributed by atoms with Crippen LogP contribution in [0.15, 0.2) is 36.5 Å². The summed E-state index contributed by atoms with van der Waals surface area (Å²) in [4.78, 5) is 4.25. The first-order valence-electron chi connectivity index (χ1n) is 8.02. The van der Waals surface area contributed by atoms with Gasteiger partial charge in [-0.25, -0.2) is 4.98 Å². The first-order valence-corrected chi connectivity index (χ1v) is 8.40. The third-order valence-corrected chi connectivity index (χ3v) is 4.83. The molecule has 4 rings (SSSR count). The number of pyridine rings is 1. The lowest BCUT2D eigenvalue weighted by Gasteiger charge is -2.14.